The molecule has 0 aromatic heterocycles. The fourth-order valence-electron chi connectivity index (χ4n) is 2.55. The summed E-state index contributed by atoms with van der Waals surface area (Å²) in [5, 5.41) is 0.683. The predicted molar refractivity (Wildman–Crippen MR) is 107 cm³/mol. The number of hydrogen-bond donors (Lipinski definition) is 0. The van der Waals surface area contributed by atoms with E-state index in [-0.39, 0.29) is 28.6 Å². The lowest BCUT2D eigenvalue weighted by atomic mass is 10.1. The van der Waals surface area contributed by atoms with E-state index in [0.717, 1.165) is 6.42 Å². The molecule has 1 aromatic carbocycles. The van der Waals surface area contributed by atoms with Crippen LogP contribution >= 0.6 is 23.8 Å². The van der Waals surface area contributed by atoms with Crippen molar-refractivity contribution in [2.75, 3.05) is 13.1 Å². The van der Waals surface area contributed by atoms with E-state index in [1.165, 1.54) is 9.80 Å². The minimum atomic E-state index is -0.386. The molecule has 1 fully saturated rings. The Morgan fingerprint density at radius 1 is 1.15 bits per heavy atom. The molecule has 0 saturated carbocycles. The lowest BCUT2D eigenvalue weighted by Crippen LogP contribution is -2.55. The lowest BCUT2D eigenvalue weighted by molar-refractivity contribution is -0.133. The number of amides is 2. The molecule has 1 atom stereocenters. The maximum atomic E-state index is 12.6. The summed E-state index contributed by atoms with van der Waals surface area (Å²) in [5.41, 5.74) is 0.733. The van der Waals surface area contributed by atoms with Crippen molar-refractivity contribution in [3.05, 3.63) is 34.4 Å². The van der Waals surface area contributed by atoms with Gasteiger partial charge in [0.1, 0.15) is 11.3 Å². The molecule has 7 heteroatoms. The number of likely N-dealkylation sites (N-methyl/N-ethyl adjacent to an activating group) is 2. The Morgan fingerprint density at radius 3 is 2.19 bits per heavy atom. The molecule has 1 heterocycles. The second-order valence-electron chi connectivity index (χ2n) is 5.97. The van der Waals surface area contributed by atoms with Crippen LogP contribution < -0.4 is 4.74 Å². The van der Waals surface area contributed by atoms with Gasteiger partial charge in [-0.25, -0.2) is 0 Å². The molecule has 1 aliphatic rings. The zero-order valence-corrected chi connectivity index (χ0v) is 17.0. The van der Waals surface area contributed by atoms with E-state index in [4.69, 9.17) is 28.6 Å². The van der Waals surface area contributed by atoms with Crippen LogP contribution in [0.25, 0.3) is 6.08 Å². The van der Waals surface area contributed by atoms with E-state index in [1.807, 2.05) is 27.7 Å². The van der Waals surface area contributed by atoms with Gasteiger partial charge in [0.15, 0.2) is 5.11 Å². The molecule has 0 radical (unpaired) electrons. The van der Waals surface area contributed by atoms with E-state index in [2.05, 4.69) is 0 Å². The monoisotopic (exact) mass is 394 g/mol. The van der Waals surface area contributed by atoms with Gasteiger partial charge in [0, 0.05) is 13.1 Å². The largest absolute Gasteiger partial charge is 0.489 e. The Hall–Kier alpha value is -1.92. The first-order chi connectivity index (χ1) is 12.3. The molecule has 2 amide bonds. The molecular formula is C19H23ClN2O3S. The van der Waals surface area contributed by atoms with Crippen LogP contribution in [0, 0.1) is 0 Å². The van der Waals surface area contributed by atoms with Gasteiger partial charge in [-0.1, -0.05) is 24.6 Å². The SMILES string of the molecule is CC[C@H](C)Oc1ccc(C=C2C(=O)N(CC)C(=S)N(CC)C2=O)cc1Cl. The third-order valence-corrected chi connectivity index (χ3v) is 4.95. The molecule has 140 valence electrons. The summed E-state index contributed by atoms with van der Waals surface area (Å²) < 4.78 is 5.74. The summed E-state index contributed by atoms with van der Waals surface area (Å²) in [7, 11) is 0. The van der Waals surface area contributed by atoms with Gasteiger partial charge < -0.3 is 4.74 Å². The van der Waals surface area contributed by atoms with Crippen molar-refractivity contribution in [3.63, 3.8) is 0 Å². The average Bonchev–Trinajstić information content (AvgIpc) is 2.61. The second kappa shape index (κ2) is 8.64. The van der Waals surface area contributed by atoms with Gasteiger partial charge in [-0.05, 0) is 63.2 Å². The molecule has 1 saturated heterocycles. The van der Waals surface area contributed by atoms with Crippen LogP contribution in [-0.2, 0) is 9.59 Å². The van der Waals surface area contributed by atoms with Crippen molar-refractivity contribution in [1.82, 2.24) is 9.80 Å². The number of hydrogen-bond acceptors (Lipinski definition) is 4. The highest BCUT2D eigenvalue weighted by Gasteiger charge is 2.37. The van der Waals surface area contributed by atoms with Crippen LogP contribution in [0.1, 0.15) is 39.7 Å². The molecule has 0 spiro atoms. The number of halogens is 1. The van der Waals surface area contributed by atoms with Crippen molar-refractivity contribution >= 4 is 46.8 Å². The normalized spacial score (nSPS) is 16.2. The molecule has 2 rings (SSSR count). The van der Waals surface area contributed by atoms with Crippen molar-refractivity contribution in [2.24, 2.45) is 0 Å². The maximum Gasteiger partial charge on any atom is 0.265 e. The van der Waals surface area contributed by atoms with Crippen molar-refractivity contribution < 1.29 is 14.3 Å². The Morgan fingerprint density at radius 2 is 1.73 bits per heavy atom. The molecule has 0 unspecified atom stereocenters. The number of ether oxygens (including phenoxy) is 1. The van der Waals surface area contributed by atoms with Gasteiger partial charge in [-0.15, -0.1) is 0 Å². The number of carbonyl (C=O) groups is 2. The molecular weight excluding hydrogens is 372 g/mol. The van der Waals surface area contributed by atoms with Gasteiger partial charge in [0.2, 0.25) is 0 Å². The summed E-state index contributed by atoms with van der Waals surface area (Å²) in [6.07, 6.45) is 2.47. The van der Waals surface area contributed by atoms with Gasteiger partial charge in [0.25, 0.3) is 11.8 Å². The highest BCUT2D eigenvalue weighted by Crippen LogP contribution is 2.28. The standard InChI is InChI=1S/C19H23ClN2O3S/c1-5-12(4)25-16-9-8-13(11-15(16)20)10-14-17(23)21(6-2)19(26)22(7-3)18(14)24/h8-12H,5-7H2,1-4H3/t12-/m0/s1. The molecule has 0 bridgehead atoms. The van der Waals surface area contributed by atoms with Gasteiger partial charge in [-0.3, -0.25) is 19.4 Å². The molecule has 1 aromatic rings. The van der Waals surface area contributed by atoms with Gasteiger partial charge in [0.05, 0.1) is 11.1 Å². The van der Waals surface area contributed by atoms with Gasteiger partial charge >= 0.3 is 0 Å². The first-order valence-electron chi connectivity index (χ1n) is 8.69. The first kappa shape index (κ1) is 20.4. The smallest absolute Gasteiger partial charge is 0.265 e. The van der Waals surface area contributed by atoms with Crippen LogP contribution in [0.5, 0.6) is 5.75 Å². The fourth-order valence-corrected chi connectivity index (χ4v) is 3.21. The zero-order chi connectivity index (χ0) is 19.4. The Labute approximate surface area is 164 Å². The Balaban J connectivity index is 2.37. The number of rotatable bonds is 6. The van der Waals surface area contributed by atoms with Gasteiger partial charge in [-0.2, -0.15) is 0 Å². The van der Waals surface area contributed by atoms with Crippen LogP contribution in [0.3, 0.4) is 0 Å². The van der Waals surface area contributed by atoms with E-state index in [0.29, 0.717) is 29.4 Å². The number of nitrogens with zero attached hydrogens (tertiary/aromatic N) is 2. The molecule has 0 N–H and O–H groups in total. The predicted octanol–water partition coefficient (Wildman–Crippen LogP) is 3.90. The van der Waals surface area contributed by atoms with Crippen molar-refractivity contribution in [2.45, 2.75) is 40.2 Å². The number of benzene rings is 1. The second-order valence-corrected chi connectivity index (χ2v) is 6.74. The zero-order valence-electron chi connectivity index (χ0n) is 15.4. The highest BCUT2D eigenvalue weighted by atomic mass is 35.5. The van der Waals surface area contributed by atoms with E-state index < -0.39 is 0 Å². The van der Waals surface area contributed by atoms with Crippen LogP contribution in [0.2, 0.25) is 5.02 Å². The quantitative estimate of drug-likeness (QED) is 0.417. The third kappa shape index (κ3) is 4.07. The third-order valence-electron chi connectivity index (χ3n) is 4.22. The molecule has 0 aliphatic carbocycles. The Kier molecular flexibility index (Phi) is 6.78. The molecule has 26 heavy (non-hydrogen) atoms. The summed E-state index contributed by atoms with van der Waals surface area (Å²) in [6, 6.07) is 5.21. The first-order valence-corrected chi connectivity index (χ1v) is 9.48. The minimum Gasteiger partial charge on any atom is -0.489 e. The Bertz CT molecular complexity index is 735. The average molecular weight is 395 g/mol. The minimum absolute atomic E-state index is 0.0513. The summed E-state index contributed by atoms with van der Waals surface area (Å²) in [5.74, 6) is -0.192. The molecule has 5 nitrogen and oxygen atoms in total. The van der Waals surface area contributed by atoms with Crippen LogP contribution in [0.4, 0.5) is 0 Å². The summed E-state index contributed by atoms with van der Waals surface area (Å²) in [6.45, 7) is 8.45. The summed E-state index contributed by atoms with van der Waals surface area (Å²) in [4.78, 5) is 28.1. The van der Waals surface area contributed by atoms with E-state index in [9.17, 15) is 9.59 Å². The van der Waals surface area contributed by atoms with Crippen molar-refractivity contribution in [1.29, 1.82) is 0 Å². The highest BCUT2D eigenvalue weighted by molar-refractivity contribution is 7.80. The molecule has 1 aliphatic heterocycles. The number of carbonyl (C=O) groups excluding carboxylic acids is 2. The van der Waals surface area contributed by atoms with Crippen LogP contribution in [-0.4, -0.2) is 45.9 Å². The maximum absolute atomic E-state index is 12.6. The van der Waals surface area contributed by atoms with Crippen LogP contribution in [0.15, 0.2) is 23.8 Å². The van der Waals surface area contributed by atoms with Crippen molar-refractivity contribution in [3.8, 4) is 5.75 Å². The summed E-state index contributed by atoms with van der Waals surface area (Å²) >= 11 is 11.5. The lowest BCUT2D eigenvalue weighted by Gasteiger charge is -2.35. The topological polar surface area (TPSA) is 49.9 Å². The fraction of sp³-hybridized carbons (Fsp3) is 0.421. The van der Waals surface area contributed by atoms with E-state index in [1.54, 1.807) is 24.3 Å². The number of thiocarbonyl (C=S) groups is 1. The van der Waals surface area contributed by atoms with E-state index >= 15 is 0 Å².